The van der Waals surface area contributed by atoms with Gasteiger partial charge in [0.1, 0.15) is 0 Å². The minimum atomic E-state index is 0.0735. The maximum absolute atomic E-state index is 12.0. The Morgan fingerprint density at radius 2 is 2.06 bits per heavy atom. The summed E-state index contributed by atoms with van der Waals surface area (Å²) in [6.45, 7) is 0.995. The summed E-state index contributed by atoms with van der Waals surface area (Å²) < 4.78 is 0. The van der Waals surface area contributed by atoms with E-state index in [1.165, 1.54) is 19.3 Å². The molecule has 2 rings (SSSR count). The molecule has 0 spiro atoms. The molecule has 16 heavy (non-hydrogen) atoms. The van der Waals surface area contributed by atoms with Crippen LogP contribution in [0.15, 0.2) is 0 Å². The van der Waals surface area contributed by atoms with Gasteiger partial charge in [-0.25, -0.2) is 0 Å². The van der Waals surface area contributed by atoms with Gasteiger partial charge in [-0.2, -0.15) is 11.8 Å². The van der Waals surface area contributed by atoms with Gasteiger partial charge in [-0.1, -0.05) is 12.8 Å². The van der Waals surface area contributed by atoms with Crippen LogP contribution in [0.1, 0.15) is 38.5 Å². The van der Waals surface area contributed by atoms with Gasteiger partial charge in [0.15, 0.2) is 0 Å². The van der Waals surface area contributed by atoms with E-state index in [0.29, 0.717) is 11.3 Å². The molecule has 2 fully saturated rings. The molecular weight excluding hydrogens is 220 g/mol. The molecule has 4 heteroatoms. The number of hydrogen-bond donors (Lipinski definition) is 2. The minimum Gasteiger partial charge on any atom is -0.351 e. The lowest BCUT2D eigenvalue weighted by Crippen LogP contribution is -2.49. The molecule has 2 unspecified atom stereocenters. The lowest BCUT2D eigenvalue weighted by atomic mass is 9.94. The van der Waals surface area contributed by atoms with Crippen LogP contribution in [-0.4, -0.2) is 36.0 Å². The van der Waals surface area contributed by atoms with E-state index >= 15 is 0 Å². The predicted octanol–water partition coefficient (Wildman–Crippen LogP) is 1.53. The number of thioether (sulfide) groups is 1. The Hall–Kier alpha value is -0.220. The van der Waals surface area contributed by atoms with Crippen LogP contribution in [0.4, 0.5) is 0 Å². The van der Waals surface area contributed by atoms with E-state index < -0.39 is 0 Å². The van der Waals surface area contributed by atoms with E-state index in [1.54, 1.807) is 0 Å². The van der Waals surface area contributed by atoms with Crippen molar-refractivity contribution in [1.82, 2.24) is 10.6 Å². The Labute approximate surface area is 102 Å². The van der Waals surface area contributed by atoms with Crippen molar-refractivity contribution in [2.45, 2.75) is 55.9 Å². The Bertz CT molecular complexity index is 241. The summed E-state index contributed by atoms with van der Waals surface area (Å²) >= 11 is 1.90. The molecule has 0 aromatic heterocycles. The average Bonchev–Trinajstić information content (AvgIpc) is 2.83. The largest absolute Gasteiger partial charge is 0.351 e. The zero-order valence-corrected chi connectivity index (χ0v) is 10.8. The third-order valence-corrected chi connectivity index (χ3v) is 4.88. The van der Waals surface area contributed by atoms with Crippen LogP contribution in [0.5, 0.6) is 0 Å². The van der Waals surface area contributed by atoms with Gasteiger partial charge in [-0.15, -0.1) is 0 Å². The maximum Gasteiger partial charge on any atom is 0.237 e. The van der Waals surface area contributed by atoms with Gasteiger partial charge < -0.3 is 10.6 Å². The van der Waals surface area contributed by atoms with E-state index in [9.17, 15) is 4.79 Å². The van der Waals surface area contributed by atoms with Gasteiger partial charge in [-0.3, -0.25) is 4.79 Å². The molecule has 3 nitrogen and oxygen atoms in total. The van der Waals surface area contributed by atoms with E-state index in [1.807, 2.05) is 11.8 Å². The third-order valence-electron chi connectivity index (χ3n) is 3.71. The van der Waals surface area contributed by atoms with Crippen molar-refractivity contribution in [2.75, 3.05) is 12.8 Å². The van der Waals surface area contributed by atoms with E-state index in [-0.39, 0.29) is 11.9 Å². The molecule has 3 atom stereocenters. The Kier molecular flexibility index (Phi) is 4.53. The molecular formula is C12H22N2OS. The number of amides is 1. The summed E-state index contributed by atoms with van der Waals surface area (Å²) in [5, 5.41) is 7.12. The van der Waals surface area contributed by atoms with Crippen LogP contribution in [0.2, 0.25) is 0 Å². The van der Waals surface area contributed by atoms with Crippen molar-refractivity contribution in [3.63, 3.8) is 0 Å². The molecule has 2 aliphatic rings. The molecule has 0 radical (unpaired) electrons. The molecule has 1 aliphatic heterocycles. The molecule has 0 aromatic carbocycles. The Morgan fingerprint density at radius 1 is 1.25 bits per heavy atom. The molecule has 1 heterocycles. The predicted molar refractivity (Wildman–Crippen MR) is 68.7 cm³/mol. The van der Waals surface area contributed by atoms with E-state index in [4.69, 9.17) is 0 Å². The summed E-state index contributed by atoms with van der Waals surface area (Å²) in [4.78, 5) is 12.0. The normalized spacial score (nSPS) is 34.9. The second-order valence-corrected chi connectivity index (χ2v) is 5.90. The summed E-state index contributed by atoms with van der Waals surface area (Å²) in [6, 6.07) is 0.475. The maximum atomic E-state index is 12.0. The van der Waals surface area contributed by atoms with Gasteiger partial charge in [0.25, 0.3) is 0 Å². The lowest BCUT2D eigenvalue weighted by Gasteiger charge is -2.31. The second-order valence-electron chi connectivity index (χ2n) is 4.82. The number of hydrogen-bond acceptors (Lipinski definition) is 3. The van der Waals surface area contributed by atoms with Gasteiger partial charge in [0.05, 0.1) is 6.04 Å². The van der Waals surface area contributed by atoms with Crippen molar-refractivity contribution >= 4 is 17.7 Å². The standard InChI is InChI=1S/C12H22N2OS/c1-16-11-7-3-2-5-9(11)14-12(15)10-6-4-8-13-10/h9-11,13H,2-8H2,1H3,(H,14,15)/t9?,10-,11?/m0/s1. The summed E-state index contributed by atoms with van der Waals surface area (Å²) in [5.74, 6) is 0.225. The van der Waals surface area contributed by atoms with Crippen LogP contribution in [0.3, 0.4) is 0 Å². The number of rotatable bonds is 3. The van der Waals surface area contributed by atoms with Crippen molar-refractivity contribution in [1.29, 1.82) is 0 Å². The van der Waals surface area contributed by atoms with Gasteiger partial charge >= 0.3 is 0 Å². The summed E-state index contributed by atoms with van der Waals surface area (Å²) in [6.07, 6.45) is 9.29. The first-order valence-corrected chi connectivity index (χ1v) is 7.66. The smallest absolute Gasteiger partial charge is 0.237 e. The van der Waals surface area contributed by atoms with Crippen LogP contribution in [-0.2, 0) is 4.79 Å². The first-order valence-electron chi connectivity index (χ1n) is 6.38. The lowest BCUT2D eigenvalue weighted by molar-refractivity contribution is -0.123. The molecule has 2 N–H and O–H groups in total. The Morgan fingerprint density at radius 3 is 2.75 bits per heavy atom. The molecule has 0 bridgehead atoms. The highest BCUT2D eigenvalue weighted by molar-refractivity contribution is 7.99. The highest BCUT2D eigenvalue weighted by Crippen LogP contribution is 2.27. The van der Waals surface area contributed by atoms with Gasteiger partial charge in [0.2, 0.25) is 5.91 Å². The fourth-order valence-electron chi connectivity index (χ4n) is 2.74. The van der Waals surface area contributed by atoms with Crippen molar-refractivity contribution < 1.29 is 4.79 Å². The molecule has 1 amide bonds. The molecule has 1 saturated heterocycles. The Balaban J connectivity index is 1.84. The third kappa shape index (κ3) is 2.92. The molecule has 0 aromatic rings. The van der Waals surface area contributed by atoms with Gasteiger partial charge in [0, 0.05) is 11.3 Å². The number of carbonyl (C=O) groups is 1. The second kappa shape index (κ2) is 5.92. The average molecular weight is 242 g/mol. The summed E-state index contributed by atoms with van der Waals surface area (Å²) in [7, 11) is 0. The van der Waals surface area contributed by atoms with Crippen LogP contribution in [0, 0.1) is 0 Å². The first kappa shape index (κ1) is 12.2. The zero-order chi connectivity index (χ0) is 11.4. The SMILES string of the molecule is CSC1CCCCC1NC(=O)[C@@H]1CCCN1. The quantitative estimate of drug-likeness (QED) is 0.788. The highest BCUT2D eigenvalue weighted by atomic mass is 32.2. The van der Waals surface area contributed by atoms with E-state index in [2.05, 4.69) is 16.9 Å². The number of carbonyl (C=O) groups excluding carboxylic acids is 1. The van der Waals surface area contributed by atoms with Crippen LogP contribution < -0.4 is 10.6 Å². The topological polar surface area (TPSA) is 41.1 Å². The van der Waals surface area contributed by atoms with Gasteiger partial charge in [-0.05, 0) is 38.5 Å². The van der Waals surface area contributed by atoms with Crippen LogP contribution in [0.25, 0.3) is 0 Å². The molecule has 1 aliphatic carbocycles. The van der Waals surface area contributed by atoms with Crippen LogP contribution >= 0.6 is 11.8 Å². The first-order chi connectivity index (χ1) is 7.81. The monoisotopic (exact) mass is 242 g/mol. The summed E-state index contributed by atoms with van der Waals surface area (Å²) in [5.41, 5.74) is 0. The van der Waals surface area contributed by atoms with Crippen molar-refractivity contribution in [3.8, 4) is 0 Å². The minimum absolute atomic E-state index is 0.0735. The van der Waals surface area contributed by atoms with Crippen molar-refractivity contribution in [3.05, 3.63) is 0 Å². The fraction of sp³-hybridized carbons (Fsp3) is 0.917. The molecule has 92 valence electrons. The number of nitrogens with one attached hydrogen (secondary N) is 2. The zero-order valence-electron chi connectivity index (χ0n) is 10.00. The highest BCUT2D eigenvalue weighted by Gasteiger charge is 2.29. The fourth-order valence-corrected chi connectivity index (χ4v) is 3.67. The molecule has 1 saturated carbocycles. The van der Waals surface area contributed by atoms with E-state index in [0.717, 1.165) is 25.8 Å². The van der Waals surface area contributed by atoms with Crippen molar-refractivity contribution in [2.24, 2.45) is 0 Å².